The number of furan rings is 1. The van der Waals surface area contributed by atoms with E-state index in [1.54, 1.807) is 6.08 Å². The second kappa shape index (κ2) is 6.46. The second-order valence-corrected chi connectivity index (χ2v) is 5.63. The average molecular weight is 303 g/mol. The Morgan fingerprint density at radius 1 is 1.23 bits per heavy atom. The van der Waals surface area contributed by atoms with Crippen molar-refractivity contribution in [1.29, 1.82) is 0 Å². The highest BCUT2D eigenvalue weighted by Crippen LogP contribution is 2.23. The summed E-state index contributed by atoms with van der Waals surface area (Å²) in [5.41, 5.74) is 0. The van der Waals surface area contributed by atoms with E-state index < -0.39 is 0 Å². The number of nitrogens with zero attached hydrogens (tertiary/aromatic N) is 3. The van der Waals surface area contributed by atoms with Gasteiger partial charge < -0.3 is 18.5 Å². The van der Waals surface area contributed by atoms with E-state index in [4.69, 9.17) is 13.6 Å². The Morgan fingerprint density at radius 2 is 2.09 bits per heavy atom. The number of morpholine rings is 1. The van der Waals surface area contributed by atoms with Gasteiger partial charge in [0.25, 0.3) is 0 Å². The summed E-state index contributed by atoms with van der Waals surface area (Å²) in [6.07, 6.45) is 4.45. The summed E-state index contributed by atoms with van der Waals surface area (Å²) in [5, 5.41) is 8.13. The number of likely N-dealkylation sites (N-methyl/N-ethyl adjacent to an activating group) is 1. The molecule has 2 aromatic heterocycles. The fourth-order valence-electron chi connectivity index (χ4n) is 2.57. The number of hydrogen-bond donors (Lipinski definition) is 0. The molecular formula is C16H21N3O3. The van der Waals surface area contributed by atoms with E-state index in [-0.39, 0.29) is 12.2 Å². The van der Waals surface area contributed by atoms with Crippen molar-refractivity contribution in [3.05, 3.63) is 35.4 Å². The van der Waals surface area contributed by atoms with Crippen LogP contribution < -0.4 is 0 Å². The maximum Gasteiger partial charge on any atom is 0.246 e. The van der Waals surface area contributed by atoms with Crippen LogP contribution in [0.5, 0.6) is 0 Å². The van der Waals surface area contributed by atoms with E-state index in [0.717, 1.165) is 31.0 Å². The molecule has 0 spiro atoms. The highest BCUT2D eigenvalue weighted by molar-refractivity contribution is 5.62. The highest BCUT2D eigenvalue weighted by atomic mass is 16.5. The number of rotatable bonds is 4. The van der Waals surface area contributed by atoms with Crippen molar-refractivity contribution >= 4 is 12.2 Å². The summed E-state index contributed by atoms with van der Waals surface area (Å²) >= 11 is 0. The fourth-order valence-corrected chi connectivity index (χ4v) is 2.57. The molecule has 0 unspecified atom stereocenters. The summed E-state index contributed by atoms with van der Waals surface area (Å²) in [5.74, 6) is 2.71. The van der Waals surface area contributed by atoms with Crippen molar-refractivity contribution in [1.82, 2.24) is 15.1 Å². The molecule has 3 rings (SSSR count). The first kappa shape index (κ1) is 15.0. The second-order valence-electron chi connectivity index (χ2n) is 5.63. The Kier molecular flexibility index (Phi) is 4.40. The minimum Gasteiger partial charge on any atom is -0.462 e. The molecule has 0 amide bonds. The van der Waals surface area contributed by atoms with E-state index in [1.807, 2.05) is 25.1 Å². The fraction of sp³-hybridized carbons (Fsp3) is 0.500. The number of ether oxygens (including phenoxy) is 1. The summed E-state index contributed by atoms with van der Waals surface area (Å²) in [6.45, 7) is 5.77. The van der Waals surface area contributed by atoms with Crippen molar-refractivity contribution in [2.75, 3.05) is 20.1 Å². The molecule has 0 bridgehead atoms. The Balaban J connectivity index is 1.68. The first-order valence-electron chi connectivity index (χ1n) is 7.58. The summed E-state index contributed by atoms with van der Waals surface area (Å²) < 4.78 is 17.1. The van der Waals surface area contributed by atoms with Crippen molar-refractivity contribution in [2.24, 2.45) is 0 Å². The summed E-state index contributed by atoms with van der Waals surface area (Å²) in [6, 6.07) is 3.89. The monoisotopic (exact) mass is 303 g/mol. The molecule has 2 atom stereocenters. The Morgan fingerprint density at radius 3 is 2.82 bits per heavy atom. The molecule has 2 aromatic rings. The van der Waals surface area contributed by atoms with Crippen LogP contribution in [0.4, 0.5) is 0 Å². The first-order chi connectivity index (χ1) is 10.6. The zero-order chi connectivity index (χ0) is 15.5. The van der Waals surface area contributed by atoms with E-state index in [0.29, 0.717) is 11.8 Å². The smallest absolute Gasteiger partial charge is 0.246 e. The van der Waals surface area contributed by atoms with E-state index in [1.165, 1.54) is 0 Å². The van der Waals surface area contributed by atoms with Crippen LogP contribution in [-0.2, 0) is 11.2 Å². The molecule has 22 heavy (non-hydrogen) atoms. The van der Waals surface area contributed by atoms with E-state index >= 15 is 0 Å². The van der Waals surface area contributed by atoms with Gasteiger partial charge in [0.15, 0.2) is 0 Å². The minimum absolute atomic E-state index is 0.158. The molecule has 0 saturated carbocycles. The molecular weight excluding hydrogens is 282 g/mol. The van der Waals surface area contributed by atoms with Gasteiger partial charge in [-0.2, -0.15) is 0 Å². The van der Waals surface area contributed by atoms with Crippen molar-refractivity contribution in [2.45, 2.75) is 32.5 Å². The molecule has 1 aliphatic rings. The number of hydrogen-bond acceptors (Lipinski definition) is 6. The van der Waals surface area contributed by atoms with Crippen LogP contribution in [0.25, 0.3) is 12.2 Å². The summed E-state index contributed by atoms with van der Waals surface area (Å²) in [4.78, 5) is 2.20. The van der Waals surface area contributed by atoms with Crippen molar-refractivity contribution < 1.29 is 13.6 Å². The molecule has 1 aliphatic heterocycles. The quantitative estimate of drug-likeness (QED) is 0.865. The lowest BCUT2D eigenvalue weighted by molar-refractivity contribution is -0.0823. The third-order valence-electron chi connectivity index (χ3n) is 3.60. The van der Waals surface area contributed by atoms with Crippen LogP contribution in [0.1, 0.15) is 43.3 Å². The Hall–Kier alpha value is -1.92. The van der Waals surface area contributed by atoms with Crippen LogP contribution in [-0.4, -0.2) is 41.3 Å². The van der Waals surface area contributed by atoms with Gasteiger partial charge in [-0.1, -0.05) is 6.92 Å². The molecule has 1 fully saturated rings. The third kappa shape index (κ3) is 3.45. The van der Waals surface area contributed by atoms with Crippen molar-refractivity contribution in [3.8, 4) is 0 Å². The largest absolute Gasteiger partial charge is 0.462 e. The molecule has 6 heteroatoms. The zero-order valence-corrected chi connectivity index (χ0v) is 13.2. The first-order valence-corrected chi connectivity index (χ1v) is 7.58. The maximum atomic E-state index is 5.86. The van der Waals surface area contributed by atoms with Crippen LogP contribution >= 0.6 is 0 Å². The number of aromatic nitrogens is 2. The molecule has 0 radical (unpaired) electrons. The average Bonchev–Trinajstić information content (AvgIpc) is 3.13. The molecule has 0 aliphatic carbocycles. The van der Waals surface area contributed by atoms with Gasteiger partial charge in [0, 0.05) is 25.6 Å². The summed E-state index contributed by atoms with van der Waals surface area (Å²) in [7, 11) is 2.06. The predicted molar refractivity (Wildman–Crippen MR) is 82.1 cm³/mol. The molecule has 1 saturated heterocycles. The maximum absolute atomic E-state index is 5.86. The zero-order valence-electron chi connectivity index (χ0n) is 13.2. The van der Waals surface area contributed by atoms with Gasteiger partial charge in [-0.25, -0.2) is 0 Å². The lowest BCUT2D eigenvalue weighted by atomic mass is 10.2. The van der Waals surface area contributed by atoms with Crippen molar-refractivity contribution in [3.63, 3.8) is 0 Å². The molecule has 6 nitrogen and oxygen atoms in total. The van der Waals surface area contributed by atoms with Gasteiger partial charge in [-0.15, -0.1) is 10.2 Å². The topological polar surface area (TPSA) is 64.5 Å². The normalized spacial score (nSPS) is 23.4. The standard InChI is InChI=1S/C16H21N3O3/c1-4-12-5-6-13(21-12)7-8-15-17-18-16(22-15)14-10-19(3)9-11(2)20-14/h5-8,11,14H,4,9-10H2,1-3H3/t11-,14-/m1/s1. The van der Waals surface area contributed by atoms with Gasteiger partial charge in [0.05, 0.1) is 6.10 Å². The number of aryl methyl sites for hydroxylation is 1. The van der Waals surface area contributed by atoms with E-state index in [9.17, 15) is 0 Å². The van der Waals surface area contributed by atoms with Gasteiger partial charge in [-0.3, -0.25) is 0 Å². The van der Waals surface area contributed by atoms with Crippen LogP contribution in [0.2, 0.25) is 0 Å². The van der Waals surface area contributed by atoms with Gasteiger partial charge in [0.1, 0.15) is 17.6 Å². The Bertz CT molecular complexity index is 637. The molecule has 3 heterocycles. The van der Waals surface area contributed by atoms with Crippen LogP contribution in [0, 0.1) is 0 Å². The van der Waals surface area contributed by atoms with Gasteiger partial charge in [-0.05, 0) is 32.2 Å². The SMILES string of the molecule is CCc1ccc(C=Cc2nnc([C@H]3CN(C)C[C@@H](C)O3)o2)o1. The lowest BCUT2D eigenvalue weighted by Gasteiger charge is -2.32. The minimum atomic E-state index is -0.168. The van der Waals surface area contributed by atoms with E-state index in [2.05, 4.69) is 29.1 Å². The molecule has 0 aromatic carbocycles. The van der Waals surface area contributed by atoms with Crippen LogP contribution in [0.15, 0.2) is 21.0 Å². The third-order valence-corrected chi connectivity index (χ3v) is 3.60. The van der Waals surface area contributed by atoms with Gasteiger partial charge >= 0.3 is 0 Å². The van der Waals surface area contributed by atoms with Gasteiger partial charge in [0.2, 0.25) is 11.8 Å². The molecule has 118 valence electrons. The molecule has 0 N–H and O–H groups in total. The predicted octanol–water partition coefficient (Wildman–Crippen LogP) is 2.79. The Labute approximate surface area is 129 Å². The lowest BCUT2D eigenvalue weighted by Crippen LogP contribution is -2.40. The highest BCUT2D eigenvalue weighted by Gasteiger charge is 2.28. The van der Waals surface area contributed by atoms with Crippen LogP contribution in [0.3, 0.4) is 0 Å².